The van der Waals surface area contributed by atoms with Crippen molar-refractivity contribution in [3.05, 3.63) is 68.3 Å². The van der Waals surface area contributed by atoms with Crippen LogP contribution in [0.5, 0.6) is 0 Å². The first-order valence-corrected chi connectivity index (χ1v) is 10.8. The van der Waals surface area contributed by atoms with Gasteiger partial charge in [0, 0.05) is 17.3 Å². The van der Waals surface area contributed by atoms with E-state index in [1.54, 1.807) is 29.3 Å². The molecule has 0 spiro atoms. The molecule has 1 N–H and O–H groups in total. The zero-order chi connectivity index (χ0) is 20.0. The number of thiophene rings is 1. The van der Waals surface area contributed by atoms with Crippen molar-refractivity contribution in [2.24, 2.45) is 0 Å². The van der Waals surface area contributed by atoms with Crippen molar-refractivity contribution < 1.29 is 0 Å². The Bertz CT molecular complexity index is 1240. The Morgan fingerprint density at radius 1 is 1.21 bits per heavy atom. The third kappa shape index (κ3) is 3.29. The summed E-state index contributed by atoms with van der Waals surface area (Å²) < 4.78 is 2.09. The number of thioether (sulfide) groups is 1. The van der Waals surface area contributed by atoms with Gasteiger partial charge in [0.15, 0.2) is 5.16 Å². The lowest BCUT2D eigenvalue weighted by Crippen LogP contribution is -2.12. The lowest BCUT2D eigenvalue weighted by molar-refractivity contribution is 0.865. The maximum absolute atomic E-state index is 12.6. The van der Waals surface area contributed by atoms with Crippen LogP contribution in [0.4, 0.5) is 0 Å². The van der Waals surface area contributed by atoms with Gasteiger partial charge < -0.3 is 4.98 Å². The second-order valence-corrected chi connectivity index (χ2v) is 9.56. The number of aryl methyl sites for hydroxylation is 4. The molecule has 144 valence electrons. The smallest absolute Gasteiger partial charge is 0.259 e. The predicted molar refractivity (Wildman–Crippen MR) is 117 cm³/mol. The fraction of sp³-hybridized carbons (Fsp3) is 0.286. The maximum atomic E-state index is 12.6. The summed E-state index contributed by atoms with van der Waals surface area (Å²) in [5.41, 5.74) is 4.50. The van der Waals surface area contributed by atoms with Crippen molar-refractivity contribution in [3.63, 3.8) is 0 Å². The van der Waals surface area contributed by atoms with E-state index in [-0.39, 0.29) is 10.8 Å². The van der Waals surface area contributed by atoms with Crippen LogP contribution in [-0.4, -0.2) is 19.5 Å². The maximum Gasteiger partial charge on any atom is 0.259 e. The van der Waals surface area contributed by atoms with Gasteiger partial charge in [-0.1, -0.05) is 29.5 Å². The summed E-state index contributed by atoms with van der Waals surface area (Å²) in [6.07, 6.45) is 3.78. The van der Waals surface area contributed by atoms with Gasteiger partial charge in [-0.15, -0.1) is 11.3 Å². The second-order valence-electron chi connectivity index (χ2n) is 7.04. The van der Waals surface area contributed by atoms with Crippen LogP contribution in [0.2, 0.25) is 0 Å². The summed E-state index contributed by atoms with van der Waals surface area (Å²) in [6.45, 7) is 10.2. The molecular weight excluding hydrogens is 388 g/mol. The van der Waals surface area contributed by atoms with E-state index in [0.29, 0.717) is 11.2 Å². The fourth-order valence-corrected chi connectivity index (χ4v) is 5.28. The molecule has 0 saturated carbocycles. The lowest BCUT2D eigenvalue weighted by atomic mass is 10.1. The van der Waals surface area contributed by atoms with Crippen molar-refractivity contribution >= 4 is 33.3 Å². The minimum Gasteiger partial charge on any atom is -0.309 e. The third-order valence-corrected chi connectivity index (χ3v) is 7.13. The molecule has 1 atom stereocenters. The highest BCUT2D eigenvalue weighted by Crippen LogP contribution is 2.35. The molecule has 4 aromatic rings. The Kier molecular flexibility index (Phi) is 4.89. The molecule has 7 heteroatoms. The highest BCUT2D eigenvalue weighted by atomic mass is 32.2. The highest BCUT2D eigenvalue weighted by Gasteiger charge is 2.18. The van der Waals surface area contributed by atoms with Gasteiger partial charge in [0.2, 0.25) is 0 Å². The van der Waals surface area contributed by atoms with Crippen LogP contribution in [0.1, 0.15) is 39.6 Å². The molecule has 3 heterocycles. The largest absolute Gasteiger partial charge is 0.309 e. The molecule has 0 amide bonds. The van der Waals surface area contributed by atoms with E-state index < -0.39 is 0 Å². The van der Waals surface area contributed by atoms with Crippen LogP contribution in [0.25, 0.3) is 15.9 Å². The number of H-pyrrole nitrogens is 1. The molecule has 4 rings (SSSR count). The molecule has 1 unspecified atom stereocenters. The topological polar surface area (TPSA) is 63.6 Å². The van der Waals surface area contributed by atoms with Gasteiger partial charge in [0.25, 0.3) is 5.56 Å². The number of aromatic nitrogens is 4. The third-order valence-electron chi connectivity index (χ3n) is 4.94. The van der Waals surface area contributed by atoms with Crippen LogP contribution in [-0.2, 0) is 0 Å². The Hall–Kier alpha value is -2.38. The van der Waals surface area contributed by atoms with Gasteiger partial charge in [-0.3, -0.25) is 9.36 Å². The van der Waals surface area contributed by atoms with E-state index in [1.165, 1.54) is 11.1 Å². The zero-order valence-electron chi connectivity index (χ0n) is 16.5. The summed E-state index contributed by atoms with van der Waals surface area (Å²) in [4.78, 5) is 26.8. The first-order valence-electron chi connectivity index (χ1n) is 9.12. The van der Waals surface area contributed by atoms with Crippen molar-refractivity contribution in [2.45, 2.75) is 45.0 Å². The SMILES string of the molecule is Cc1ccc(-n2ccnc2SC(C)c2nc3sc(C)c(C)c3c(=O)[nH]2)c(C)c1. The van der Waals surface area contributed by atoms with E-state index >= 15 is 0 Å². The van der Waals surface area contributed by atoms with Gasteiger partial charge in [-0.25, -0.2) is 9.97 Å². The van der Waals surface area contributed by atoms with Crippen molar-refractivity contribution in [2.75, 3.05) is 0 Å². The van der Waals surface area contributed by atoms with E-state index in [1.807, 2.05) is 27.0 Å². The summed E-state index contributed by atoms with van der Waals surface area (Å²) in [5, 5.41) is 1.55. The molecule has 5 nitrogen and oxygen atoms in total. The number of aromatic amines is 1. The lowest BCUT2D eigenvalue weighted by Gasteiger charge is -2.14. The van der Waals surface area contributed by atoms with Crippen molar-refractivity contribution in [1.29, 1.82) is 0 Å². The van der Waals surface area contributed by atoms with E-state index in [9.17, 15) is 4.79 Å². The molecule has 0 aliphatic rings. The predicted octanol–water partition coefficient (Wildman–Crippen LogP) is 5.26. The van der Waals surface area contributed by atoms with Crippen LogP contribution in [0.15, 0.2) is 40.5 Å². The van der Waals surface area contributed by atoms with E-state index in [4.69, 9.17) is 4.98 Å². The first kappa shape index (κ1) is 19.0. The Morgan fingerprint density at radius 3 is 2.75 bits per heavy atom. The van der Waals surface area contributed by atoms with Gasteiger partial charge in [-0.05, 0) is 51.8 Å². The number of benzene rings is 1. The van der Waals surface area contributed by atoms with E-state index in [2.05, 4.69) is 46.6 Å². The molecular formula is C21H22N4OS2. The number of fused-ring (bicyclic) bond motifs is 1. The quantitative estimate of drug-likeness (QED) is 0.466. The molecule has 0 bridgehead atoms. The molecule has 28 heavy (non-hydrogen) atoms. The number of hydrogen-bond acceptors (Lipinski definition) is 5. The minimum absolute atomic E-state index is 0.0354. The van der Waals surface area contributed by atoms with Crippen molar-refractivity contribution in [3.8, 4) is 5.69 Å². The van der Waals surface area contributed by atoms with Crippen molar-refractivity contribution in [1.82, 2.24) is 19.5 Å². The van der Waals surface area contributed by atoms with Gasteiger partial charge in [0.1, 0.15) is 10.7 Å². The van der Waals surface area contributed by atoms with Crippen LogP contribution >= 0.6 is 23.1 Å². The summed E-state index contributed by atoms with van der Waals surface area (Å²) >= 11 is 3.16. The molecule has 0 aliphatic carbocycles. The molecule has 1 aromatic carbocycles. The Morgan fingerprint density at radius 2 is 2.00 bits per heavy atom. The standard InChI is InChI=1S/C21H22N4OS2/c1-11-6-7-16(12(2)10-11)25-9-8-22-21(25)28-15(5)18-23-19(26)17-13(3)14(4)27-20(17)24-18/h6-10,15H,1-5H3,(H,23,24,26). The number of nitrogens with one attached hydrogen (secondary N) is 1. The van der Waals surface area contributed by atoms with Gasteiger partial charge in [-0.2, -0.15) is 0 Å². The number of rotatable bonds is 4. The number of hydrogen-bond donors (Lipinski definition) is 1. The summed E-state index contributed by atoms with van der Waals surface area (Å²) in [7, 11) is 0. The first-order chi connectivity index (χ1) is 13.3. The summed E-state index contributed by atoms with van der Waals surface area (Å²) in [6, 6.07) is 6.39. The fourth-order valence-electron chi connectivity index (χ4n) is 3.31. The molecule has 0 aliphatic heterocycles. The van der Waals surface area contributed by atoms with Gasteiger partial charge >= 0.3 is 0 Å². The normalized spacial score (nSPS) is 12.6. The number of imidazole rings is 1. The zero-order valence-corrected chi connectivity index (χ0v) is 18.2. The van der Waals surface area contributed by atoms with E-state index in [0.717, 1.165) is 26.1 Å². The Balaban J connectivity index is 1.68. The minimum atomic E-state index is -0.0629. The van der Waals surface area contributed by atoms with Gasteiger partial charge in [0.05, 0.1) is 16.3 Å². The van der Waals surface area contributed by atoms with Crippen LogP contribution < -0.4 is 5.56 Å². The average molecular weight is 411 g/mol. The molecule has 0 fully saturated rings. The molecule has 0 radical (unpaired) electrons. The number of nitrogens with zero attached hydrogens (tertiary/aromatic N) is 3. The molecule has 0 saturated heterocycles. The second kappa shape index (κ2) is 7.22. The molecule has 3 aromatic heterocycles. The summed E-state index contributed by atoms with van der Waals surface area (Å²) in [5.74, 6) is 0.680. The van der Waals surface area contributed by atoms with Crippen LogP contribution in [0, 0.1) is 27.7 Å². The Labute approximate surface area is 171 Å². The average Bonchev–Trinajstić information content (AvgIpc) is 3.19. The highest BCUT2D eigenvalue weighted by molar-refractivity contribution is 7.99. The monoisotopic (exact) mass is 410 g/mol. The van der Waals surface area contributed by atoms with Crippen LogP contribution in [0.3, 0.4) is 0 Å².